The van der Waals surface area contributed by atoms with Crippen molar-refractivity contribution in [1.29, 1.82) is 0 Å². The quantitative estimate of drug-likeness (QED) is 0.582. The van der Waals surface area contributed by atoms with E-state index in [1.54, 1.807) is 20.8 Å². The number of carbonyl (C=O) groups excluding carboxylic acids is 1. The molecule has 0 aromatic carbocycles. The Balaban J connectivity index is 3.21. The molecular formula is C15H24O4. The van der Waals surface area contributed by atoms with Crippen molar-refractivity contribution in [2.24, 2.45) is 0 Å². The molecule has 0 unspecified atom stereocenters. The molecule has 0 fully saturated rings. The van der Waals surface area contributed by atoms with Gasteiger partial charge in [0.05, 0.1) is 17.8 Å². The maximum atomic E-state index is 12.1. The Morgan fingerprint density at radius 1 is 1.37 bits per heavy atom. The predicted molar refractivity (Wildman–Crippen MR) is 73.6 cm³/mol. The Kier molecular flexibility index (Phi) is 5.07. The summed E-state index contributed by atoms with van der Waals surface area (Å²) in [6.07, 6.45) is 0.391. The van der Waals surface area contributed by atoms with Gasteiger partial charge in [0.15, 0.2) is 5.78 Å². The number of aliphatic hydroxyl groups is 3. The zero-order valence-electron chi connectivity index (χ0n) is 12.1. The molecule has 0 bridgehead atoms. The number of aliphatic hydroxyl groups excluding tert-OH is 2. The van der Waals surface area contributed by atoms with Gasteiger partial charge in [0.25, 0.3) is 0 Å². The van der Waals surface area contributed by atoms with Crippen LogP contribution in [0.3, 0.4) is 0 Å². The van der Waals surface area contributed by atoms with Crippen molar-refractivity contribution in [3.63, 3.8) is 0 Å². The first-order valence-corrected chi connectivity index (χ1v) is 6.62. The summed E-state index contributed by atoms with van der Waals surface area (Å²) in [6.45, 7) is 6.86. The van der Waals surface area contributed by atoms with E-state index in [0.717, 1.165) is 5.57 Å². The van der Waals surface area contributed by atoms with Crippen LogP contribution < -0.4 is 0 Å². The molecule has 0 aromatic heterocycles. The van der Waals surface area contributed by atoms with Crippen LogP contribution in [-0.4, -0.2) is 38.9 Å². The van der Waals surface area contributed by atoms with Crippen molar-refractivity contribution >= 4 is 5.78 Å². The third-order valence-corrected chi connectivity index (χ3v) is 3.82. The number of hydrogen-bond donors (Lipinski definition) is 3. The van der Waals surface area contributed by atoms with Gasteiger partial charge in [0, 0.05) is 12.0 Å². The largest absolute Gasteiger partial charge is 0.390 e. The highest BCUT2D eigenvalue weighted by molar-refractivity contribution is 6.04. The minimum atomic E-state index is -1.31. The third-order valence-electron chi connectivity index (χ3n) is 3.82. The van der Waals surface area contributed by atoms with Crippen molar-refractivity contribution in [2.75, 3.05) is 0 Å². The van der Waals surface area contributed by atoms with Crippen molar-refractivity contribution in [1.82, 2.24) is 0 Å². The molecule has 3 N–H and O–H groups in total. The molecule has 0 heterocycles. The number of allylic oxidation sites excluding steroid dienone is 2. The molecular weight excluding hydrogens is 244 g/mol. The van der Waals surface area contributed by atoms with Crippen LogP contribution in [0.4, 0.5) is 0 Å². The van der Waals surface area contributed by atoms with Crippen LogP contribution in [0.2, 0.25) is 0 Å². The van der Waals surface area contributed by atoms with E-state index in [4.69, 9.17) is 0 Å². The van der Waals surface area contributed by atoms with Crippen molar-refractivity contribution < 1.29 is 20.1 Å². The maximum absolute atomic E-state index is 12.1. The summed E-state index contributed by atoms with van der Waals surface area (Å²) < 4.78 is 0. The Bertz CT molecular complexity index is 414. The Morgan fingerprint density at radius 3 is 2.47 bits per heavy atom. The van der Waals surface area contributed by atoms with Gasteiger partial charge in [-0.15, -0.1) is 0 Å². The molecule has 0 aliphatic heterocycles. The van der Waals surface area contributed by atoms with Crippen LogP contribution in [0.25, 0.3) is 0 Å². The second-order valence-corrected chi connectivity index (χ2v) is 5.86. The SMILES string of the molecule is CC(C)=C1C[C@H](O)[C@](C)(O)CC[C@H](O)/C(C)=C\C1=O. The first kappa shape index (κ1) is 16.1. The summed E-state index contributed by atoms with van der Waals surface area (Å²) in [5.41, 5.74) is 0.607. The van der Waals surface area contributed by atoms with E-state index < -0.39 is 17.8 Å². The standard InChI is InChI=1S/C15H24O4/c1-9(2)11-8-14(18)15(4,19)6-5-12(16)10(3)7-13(11)17/h7,12,14,16,18-19H,5-6,8H2,1-4H3/b10-7-/t12-,14-,15+/m0/s1. The van der Waals surface area contributed by atoms with E-state index in [2.05, 4.69) is 0 Å². The molecule has 1 aliphatic rings. The fraction of sp³-hybridized carbons (Fsp3) is 0.667. The zero-order valence-corrected chi connectivity index (χ0v) is 12.1. The molecule has 4 heteroatoms. The topological polar surface area (TPSA) is 77.8 Å². The summed E-state index contributed by atoms with van der Waals surface area (Å²) in [5, 5.41) is 30.3. The van der Waals surface area contributed by atoms with Crippen molar-refractivity contribution in [2.45, 2.75) is 64.8 Å². The third kappa shape index (κ3) is 4.00. The van der Waals surface area contributed by atoms with Crippen molar-refractivity contribution in [3.05, 3.63) is 22.8 Å². The van der Waals surface area contributed by atoms with Gasteiger partial charge in [-0.25, -0.2) is 0 Å². The van der Waals surface area contributed by atoms with Crippen LogP contribution in [-0.2, 0) is 4.79 Å². The Hall–Kier alpha value is -0.970. The van der Waals surface area contributed by atoms with Gasteiger partial charge >= 0.3 is 0 Å². The molecule has 0 spiro atoms. The average molecular weight is 268 g/mol. The number of rotatable bonds is 0. The van der Waals surface area contributed by atoms with E-state index in [-0.39, 0.29) is 18.6 Å². The summed E-state index contributed by atoms with van der Waals surface area (Å²) in [4.78, 5) is 12.1. The van der Waals surface area contributed by atoms with E-state index in [1.165, 1.54) is 13.0 Å². The van der Waals surface area contributed by atoms with Gasteiger partial charge in [-0.1, -0.05) is 5.57 Å². The van der Waals surface area contributed by atoms with Gasteiger partial charge in [-0.3, -0.25) is 4.79 Å². The highest BCUT2D eigenvalue weighted by Crippen LogP contribution is 2.27. The number of ketones is 1. The molecule has 0 saturated carbocycles. The lowest BCUT2D eigenvalue weighted by Gasteiger charge is -2.31. The fourth-order valence-corrected chi connectivity index (χ4v) is 2.18. The normalized spacial score (nSPS) is 36.7. The molecule has 0 saturated heterocycles. The van der Waals surface area contributed by atoms with Gasteiger partial charge in [0.2, 0.25) is 0 Å². The highest BCUT2D eigenvalue weighted by Gasteiger charge is 2.33. The second-order valence-electron chi connectivity index (χ2n) is 5.86. The lowest BCUT2D eigenvalue weighted by molar-refractivity contribution is -0.113. The van der Waals surface area contributed by atoms with Gasteiger partial charge < -0.3 is 15.3 Å². The first-order valence-electron chi connectivity index (χ1n) is 6.62. The molecule has 108 valence electrons. The van der Waals surface area contributed by atoms with Gasteiger partial charge in [-0.05, 0) is 52.2 Å². The van der Waals surface area contributed by atoms with Crippen LogP contribution in [0.15, 0.2) is 22.8 Å². The summed E-state index contributed by atoms with van der Waals surface area (Å²) in [6, 6.07) is 0. The summed E-state index contributed by atoms with van der Waals surface area (Å²) >= 11 is 0. The van der Waals surface area contributed by atoms with E-state index in [9.17, 15) is 20.1 Å². The fourth-order valence-electron chi connectivity index (χ4n) is 2.18. The van der Waals surface area contributed by atoms with Crippen LogP contribution >= 0.6 is 0 Å². The summed E-state index contributed by atoms with van der Waals surface area (Å²) in [5.74, 6) is -0.201. The second kappa shape index (κ2) is 5.99. The summed E-state index contributed by atoms with van der Waals surface area (Å²) in [7, 11) is 0. The Labute approximate surface area is 114 Å². The number of carbonyl (C=O) groups is 1. The van der Waals surface area contributed by atoms with Crippen LogP contribution in [0.1, 0.15) is 47.0 Å². The monoisotopic (exact) mass is 268 g/mol. The molecule has 0 aromatic rings. The average Bonchev–Trinajstić information content (AvgIpc) is 2.30. The minimum Gasteiger partial charge on any atom is -0.390 e. The molecule has 0 radical (unpaired) electrons. The number of hydrogen-bond acceptors (Lipinski definition) is 4. The molecule has 1 aliphatic carbocycles. The zero-order chi connectivity index (χ0) is 14.8. The molecule has 19 heavy (non-hydrogen) atoms. The molecule has 4 nitrogen and oxygen atoms in total. The maximum Gasteiger partial charge on any atom is 0.181 e. The van der Waals surface area contributed by atoms with Crippen molar-refractivity contribution in [3.8, 4) is 0 Å². The minimum absolute atomic E-state index is 0.133. The lowest BCUT2D eigenvalue weighted by Crippen LogP contribution is -2.41. The van der Waals surface area contributed by atoms with Gasteiger partial charge in [0.1, 0.15) is 0 Å². The van der Waals surface area contributed by atoms with E-state index >= 15 is 0 Å². The van der Waals surface area contributed by atoms with Crippen LogP contribution in [0, 0.1) is 0 Å². The highest BCUT2D eigenvalue weighted by atomic mass is 16.3. The smallest absolute Gasteiger partial charge is 0.181 e. The molecule has 1 rings (SSSR count). The Morgan fingerprint density at radius 2 is 1.95 bits per heavy atom. The molecule has 3 atom stereocenters. The first-order chi connectivity index (χ1) is 8.65. The predicted octanol–water partition coefficient (Wildman–Crippen LogP) is 1.49. The van der Waals surface area contributed by atoms with E-state index in [0.29, 0.717) is 17.6 Å². The van der Waals surface area contributed by atoms with Crippen LogP contribution in [0.5, 0.6) is 0 Å². The van der Waals surface area contributed by atoms with Gasteiger partial charge in [-0.2, -0.15) is 0 Å². The molecule has 0 amide bonds. The lowest BCUT2D eigenvalue weighted by atomic mass is 9.84. The van der Waals surface area contributed by atoms with E-state index in [1.807, 2.05) is 0 Å².